The molecular weight excluding hydrogens is 326 g/mol. The number of hydrogen-bond donors (Lipinski definition) is 1. The van der Waals surface area contributed by atoms with Crippen LogP contribution in [0, 0.1) is 19.8 Å². The van der Waals surface area contributed by atoms with Crippen molar-refractivity contribution in [2.24, 2.45) is 5.92 Å². The first kappa shape index (κ1) is 16.8. The Labute approximate surface area is 137 Å². The van der Waals surface area contributed by atoms with E-state index in [0.29, 0.717) is 6.04 Å². The third kappa shape index (κ3) is 3.62. The van der Waals surface area contributed by atoms with Crippen molar-refractivity contribution in [1.29, 1.82) is 0 Å². The summed E-state index contributed by atoms with van der Waals surface area (Å²) >= 11 is 3.72. The van der Waals surface area contributed by atoms with Crippen molar-refractivity contribution in [2.75, 3.05) is 13.7 Å². The lowest BCUT2D eigenvalue weighted by Gasteiger charge is -2.29. The van der Waals surface area contributed by atoms with Crippen LogP contribution >= 0.6 is 15.9 Å². The molecule has 0 radical (unpaired) electrons. The molecule has 1 saturated carbocycles. The van der Waals surface area contributed by atoms with Crippen LogP contribution in [0.2, 0.25) is 0 Å². The Bertz CT molecular complexity index is 481. The number of halogens is 1. The van der Waals surface area contributed by atoms with Crippen molar-refractivity contribution in [2.45, 2.75) is 58.9 Å². The van der Waals surface area contributed by atoms with Gasteiger partial charge in [-0.1, -0.05) is 35.7 Å². The first-order chi connectivity index (χ1) is 10.1. The zero-order valence-electron chi connectivity index (χ0n) is 13.8. The second-order valence-corrected chi connectivity index (χ2v) is 7.08. The molecule has 1 aromatic rings. The SMILES string of the molecule is CCCNC(c1c(C)c(Br)cc(C)c1OC)C1CCCC1. The van der Waals surface area contributed by atoms with Gasteiger partial charge >= 0.3 is 0 Å². The van der Waals surface area contributed by atoms with Gasteiger partial charge in [-0.3, -0.25) is 0 Å². The summed E-state index contributed by atoms with van der Waals surface area (Å²) < 4.78 is 6.96. The van der Waals surface area contributed by atoms with E-state index in [9.17, 15) is 0 Å². The van der Waals surface area contributed by atoms with Gasteiger partial charge in [0.1, 0.15) is 5.75 Å². The van der Waals surface area contributed by atoms with Crippen molar-refractivity contribution in [3.8, 4) is 5.75 Å². The Morgan fingerprint density at radius 2 is 2.00 bits per heavy atom. The van der Waals surface area contributed by atoms with Gasteiger partial charge in [-0.05, 0) is 62.8 Å². The van der Waals surface area contributed by atoms with E-state index in [1.807, 2.05) is 0 Å². The maximum Gasteiger partial charge on any atom is 0.126 e. The number of methoxy groups -OCH3 is 1. The van der Waals surface area contributed by atoms with Gasteiger partial charge in [0.2, 0.25) is 0 Å². The standard InChI is InChI=1S/C18H28BrNO/c1-5-10-20-17(14-8-6-7-9-14)16-13(3)15(19)11-12(2)18(16)21-4/h11,14,17,20H,5-10H2,1-4H3. The highest BCUT2D eigenvalue weighted by molar-refractivity contribution is 9.10. The van der Waals surface area contributed by atoms with Crippen LogP contribution in [0.25, 0.3) is 0 Å². The summed E-state index contributed by atoms with van der Waals surface area (Å²) in [7, 11) is 1.80. The lowest BCUT2D eigenvalue weighted by Crippen LogP contribution is -2.29. The minimum absolute atomic E-state index is 0.415. The zero-order chi connectivity index (χ0) is 15.4. The molecule has 2 rings (SSSR count). The number of hydrogen-bond acceptors (Lipinski definition) is 2. The lowest BCUT2D eigenvalue weighted by atomic mass is 9.87. The predicted molar refractivity (Wildman–Crippen MR) is 93.2 cm³/mol. The molecule has 0 aromatic heterocycles. The highest BCUT2D eigenvalue weighted by Gasteiger charge is 2.30. The summed E-state index contributed by atoms with van der Waals surface area (Å²) in [6.45, 7) is 7.64. The van der Waals surface area contributed by atoms with E-state index in [-0.39, 0.29) is 0 Å². The van der Waals surface area contributed by atoms with Crippen LogP contribution in [0.5, 0.6) is 5.75 Å². The van der Waals surface area contributed by atoms with Crippen LogP contribution in [0.1, 0.15) is 61.8 Å². The molecule has 0 spiro atoms. The van der Waals surface area contributed by atoms with E-state index in [1.54, 1.807) is 7.11 Å². The van der Waals surface area contributed by atoms with Crippen LogP contribution in [-0.4, -0.2) is 13.7 Å². The fourth-order valence-corrected chi connectivity index (χ4v) is 4.17. The zero-order valence-corrected chi connectivity index (χ0v) is 15.3. The van der Waals surface area contributed by atoms with Gasteiger partial charge < -0.3 is 10.1 Å². The Hall–Kier alpha value is -0.540. The van der Waals surface area contributed by atoms with E-state index in [1.165, 1.54) is 46.8 Å². The highest BCUT2D eigenvalue weighted by atomic mass is 79.9. The minimum atomic E-state index is 0.415. The van der Waals surface area contributed by atoms with Gasteiger partial charge in [0, 0.05) is 16.1 Å². The molecule has 1 atom stereocenters. The molecule has 21 heavy (non-hydrogen) atoms. The summed E-state index contributed by atoms with van der Waals surface area (Å²) in [4.78, 5) is 0. The summed E-state index contributed by atoms with van der Waals surface area (Å²) in [5, 5.41) is 3.80. The van der Waals surface area contributed by atoms with Gasteiger partial charge in [-0.15, -0.1) is 0 Å². The molecule has 118 valence electrons. The maximum atomic E-state index is 5.77. The van der Waals surface area contributed by atoms with E-state index in [0.717, 1.165) is 24.6 Å². The molecule has 0 amide bonds. The Morgan fingerprint density at radius 1 is 1.33 bits per heavy atom. The topological polar surface area (TPSA) is 21.3 Å². The largest absolute Gasteiger partial charge is 0.496 e. The maximum absolute atomic E-state index is 5.77. The molecule has 0 heterocycles. The molecule has 1 N–H and O–H groups in total. The van der Waals surface area contributed by atoms with Crippen molar-refractivity contribution < 1.29 is 4.74 Å². The second-order valence-electron chi connectivity index (χ2n) is 6.22. The first-order valence-electron chi connectivity index (χ1n) is 8.17. The summed E-state index contributed by atoms with van der Waals surface area (Å²) in [5.41, 5.74) is 3.90. The normalized spacial score (nSPS) is 17.2. The van der Waals surface area contributed by atoms with Crippen LogP contribution in [0.15, 0.2) is 10.5 Å². The fourth-order valence-electron chi connectivity index (χ4n) is 3.62. The molecule has 0 bridgehead atoms. The lowest BCUT2D eigenvalue weighted by molar-refractivity contribution is 0.342. The Morgan fingerprint density at radius 3 is 2.57 bits per heavy atom. The smallest absolute Gasteiger partial charge is 0.126 e. The molecule has 1 fully saturated rings. The molecule has 1 aromatic carbocycles. The number of benzene rings is 1. The average molecular weight is 354 g/mol. The van der Waals surface area contributed by atoms with E-state index in [4.69, 9.17) is 4.74 Å². The molecule has 3 heteroatoms. The van der Waals surface area contributed by atoms with Gasteiger partial charge in [0.25, 0.3) is 0 Å². The van der Waals surface area contributed by atoms with Crippen LogP contribution in [0.4, 0.5) is 0 Å². The number of ether oxygens (including phenoxy) is 1. The third-order valence-electron chi connectivity index (χ3n) is 4.71. The number of aryl methyl sites for hydroxylation is 1. The van der Waals surface area contributed by atoms with Crippen LogP contribution in [-0.2, 0) is 0 Å². The van der Waals surface area contributed by atoms with Gasteiger partial charge in [-0.25, -0.2) is 0 Å². The molecular formula is C18H28BrNO. The van der Waals surface area contributed by atoms with E-state index < -0.39 is 0 Å². The molecule has 0 saturated heterocycles. The molecule has 1 aliphatic rings. The van der Waals surface area contributed by atoms with Crippen molar-refractivity contribution >= 4 is 15.9 Å². The Balaban J connectivity index is 2.46. The van der Waals surface area contributed by atoms with Gasteiger partial charge in [-0.2, -0.15) is 0 Å². The fraction of sp³-hybridized carbons (Fsp3) is 0.667. The number of nitrogens with one attached hydrogen (secondary N) is 1. The van der Waals surface area contributed by atoms with Crippen LogP contribution in [0.3, 0.4) is 0 Å². The summed E-state index contributed by atoms with van der Waals surface area (Å²) in [5.74, 6) is 1.80. The van der Waals surface area contributed by atoms with Crippen molar-refractivity contribution in [1.82, 2.24) is 5.32 Å². The molecule has 2 nitrogen and oxygen atoms in total. The van der Waals surface area contributed by atoms with Crippen molar-refractivity contribution in [3.05, 3.63) is 27.2 Å². The van der Waals surface area contributed by atoms with Gasteiger partial charge in [0.15, 0.2) is 0 Å². The van der Waals surface area contributed by atoms with Gasteiger partial charge in [0.05, 0.1) is 7.11 Å². The second kappa shape index (κ2) is 7.64. The monoisotopic (exact) mass is 353 g/mol. The Kier molecular flexibility index (Phi) is 6.12. The summed E-state index contributed by atoms with van der Waals surface area (Å²) in [6.07, 6.45) is 6.55. The quantitative estimate of drug-likeness (QED) is 0.748. The van der Waals surface area contributed by atoms with Crippen LogP contribution < -0.4 is 10.1 Å². The minimum Gasteiger partial charge on any atom is -0.496 e. The predicted octanol–water partition coefficient (Wildman–Crippen LogP) is 5.31. The molecule has 1 unspecified atom stereocenters. The molecule has 1 aliphatic carbocycles. The average Bonchev–Trinajstić information content (AvgIpc) is 2.98. The van der Waals surface area contributed by atoms with Crippen molar-refractivity contribution in [3.63, 3.8) is 0 Å². The summed E-state index contributed by atoms with van der Waals surface area (Å²) in [6, 6.07) is 2.59. The van der Waals surface area contributed by atoms with E-state index in [2.05, 4.69) is 48.1 Å². The molecule has 0 aliphatic heterocycles. The van der Waals surface area contributed by atoms with E-state index >= 15 is 0 Å². The first-order valence-corrected chi connectivity index (χ1v) is 8.96. The number of rotatable bonds is 6. The third-order valence-corrected chi connectivity index (χ3v) is 5.53. The highest BCUT2D eigenvalue weighted by Crippen LogP contribution is 2.43.